The van der Waals surface area contributed by atoms with Crippen LogP contribution in [0, 0.1) is 0 Å². The summed E-state index contributed by atoms with van der Waals surface area (Å²) in [6, 6.07) is 13.0. The van der Waals surface area contributed by atoms with E-state index in [-0.39, 0.29) is 11.5 Å². The van der Waals surface area contributed by atoms with E-state index in [1.54, 1.807) is 43.3 Å². The highest BCUT2D eigenvalue weighted by atomic mass is 32.2. The van der Waals surface area contributed by atoms with Crippen molar-refractivity contribution in [2.24, 2.45) is 0 Å². The van der Waals surface area contributed by atoms with E-state index in [1.165, 1.54) is 16.4 Å². The standard InChI is InChI=1S/C15H18N2O3S/c1-2-17(14-4-3-5-15(18)10-14)21(19,20)11-12-6-8-13(16)9-7-12/h3-10,18H,2,11,16H2,1H3. The maximum atomic E-state index is 12.5. The van der Waals surface area contributed by atoms with Crippen molar-refractivity contribution in [2.45, 2.75) is 12.7 Å². The van der Waals surface area contributed by atoms with Gasteiger partial charge in [-0.1, -0.05) is 18.2 Å². The van der Waals surface area contributed by atoms with Crippen LogP contribution in [0.1, 0.15) is 12.5 Å². The summed E-state index contributed by atoms with van der Waals surface area (Å²) < 4.78 is 26.4. The Hall–Kier alpha value is -2.21. The lowest BCUT2D eigenvalue weighted by Gasteiger charge is -2.23. The molecule has 0 heterocycles. The number of nitrogens with zero attached hydrogens (tertiary/aromatic N) is 1. The maximum absolute atomic E-state index is 12.5. The summed E-state index contributed by atoms with van der Waals surface area (Å²) in [6.45, 7) is 2.05. The zero-order chi connectivity index (χ0) is 15.5. The molecule has 0 saturated heterocycles. The first kappa shape index (κ1) is 15.2. The number of phenols is 1. The Balaban J connectivity index is 2.29. The summed E-state index contributed by atoms with van der Waals surface area (Å²) in [4.78, 5) is 0. The number of benzene rings is 2. The van der Waals surface area contributed by atoms with Gasteiger partial charge in [0.05, 0.1) is 11.4 Å². The molecule has 0 radical (unpaired) electrons. The molecule has 2 rings (SSSR count). The molecular weight excluding hydrogens is 288 g/mol. The van der Waals surface area contributed by atoms with Crippen molar-refractivity contribution >= 4 is 21.4 Å². The molecule has 2 aromatic rings. The van der Waals surface area contributed by atoms with E-state index in [0.717, 1.165) is 0 Å². The highest BCUT2D eigenvalue weighted by molar-refractivity contribution is 7.92. The molecule has 21 heavy (non-hydrogen) atoms. The zero-order valence-electron chi connectivity index (χ0n) is 11.7. The number of hydrogen-bond donors (Lipinski definition) is 2. The Morgan fingerprint density at radius 1 is 1.14 bits per heavy atom. The second-order valence-corrected chi connectivity index (χ2v) is 6.58. The van der Waals surface area contributed by atoms with Crippen LogP contribution in [0.15, 0.2) is 48.5 Å². The SMILES string of the molecule is CCN(c1cccc(O)c1)S(=O)(=O)Cc1ccc(N)cc1. The van der Waals surface area contributed by atoms with E-state index >= 15 is 0 Å². The molecule has 5 nitrogen and oxygen atoms in total. The third kappa shape index (κ3) is 3.66. The number of anilines is 2. The van der Waals surface area contributed by atoms with Gasteiger partial charge >= 0.3 is 0 Å². The third-order valence-corrected chi connectivity index (χ3v) is 4.91. The van der Waals surface area contributed by atoms with E-state index in [9.17, 15) is 13.5 Å². The molecule has 0 saturated carbocycles. The average Bonchev–Trinajstić information content (AvgIpc) is 2.42. The number of sulfonamides is 1. The molecule has 0 fully saturated rings. The Morgan fingerprint density at radius 2 is 1.81 bits per heavy atom. The molecule has 0 unspecified atom stereocenters. The van der Waals surface area contributed by atoms with Crippen LogP contribution in [-0.2, 0) is 15.8 Å². The van der Waals surface area contributed by atoms with Crippen molar-refractivity contribution in [2.75, 3.05) is 16.6 Å². The largest absolute Gasteiger partial charge is 0.508 e. The van der Waals surface area contributed by atoms with Crippen molar-refractivity contribution in [3.63, 3.8) is 0 Å². The molecule has 2 aromatic carbocycles. The Morgan fingerprint density at radius 3 is 2.38 bits per heavy atom. The van der Waals surface area contributed by atoms with Crippen LogP contribution in [0.4, 0.5) is 11.4 Å². The number of nitrogens with two attached hydrogens (primary N) is 1. The fourth-order valence-corrected chi connectivity index (χ4v) is 3.69. The van der Waals surface area contributed by atoms with Crippen molar-refractivity contribution in [3.8, 4) is 5.75 Å². The van der Waals surface area contributed by atoms with Gasteiger partial charge in [0.25, 0.3) is 0 Å². The number of phenolic OH excluding ortho intramolecular Hbond substituents is 1. The van der Waals surface area contributed by atoms with Crippen LogP contribution < -0.4 is 10.0 Å². The minimum absolute atomic E-state index is 0.0358. The first-order valence-electron chi connectivity index (χ1n) is 6.56. The van der Waals surface area contributed by atoms with Crippen LogP contribution >= 0.6 is 0 Å². The van der Waals surface area contributed by atoms with Gasteiger partial charge in [-0.05, 0) is 36.8 Å². The van der Waals surface area contributed by atoms with E-state index in [4.69, 9.17) is 5.73 Å². The summed E-state index contributed by atoms with van der Waals surface area (Å²) in [5, 5.41) is 9.51. The Bertz CT molecular complexity index is 712. The second-order valence-electron chi connectivity index (χ2n) is 4.68. The molecule has 0 atom stereocenters. The average molecular weight is 306 g/mol. The molecule has 6 heteroatoms. The lowest BCUT2D eigenvalue weighted by molar-refractivity contribution is 0.475. The van der Waals surface area contributed by atoms with Crippen LogP contribution in [-0.4, -0.2) is 20.1 Å². The molecule has 0 aromatic heterocycles. The minimum Gasteiger partial charge on any atom is -0.508 e. The number of hydrogen-bond acceptors (Lipinski definition) is 4. The summed E-state index contributed by atoms with van der Waals surface area (Å²) in [5.41, 5.74) is 7.31. The number of aromatic hydroxyl groups is 1. The lowest BCUT2D eigenvalue weighted by Crippen LogP contribution is -2.31. The first-order chi connectivity index (χ1) is 9.92. The summed E-state index contributed by atoms with van der Waals surface area (Å²) in [7, 11) is -3.53. The van der Waals surface area contributed by atoms with E-state index < -0.39 is 10.0 Å². The van der Waals surface area contributed by atoms with Crippen LogP contribution in [0.2, 0.25) is 0 Å². The fraction of sp³-hybridized carbons (Fsp3) is 0.200. The summed E-state index contributed by atoms with van der Waals surface area (Å²) >= 11 is 0. The number of rotatable bonds is 5. The summed E-state index contributed by atoms with van der Waals surface area (Å²) in [5.74, 6) is -0.0785. The molecule has 0 amide bonds. The molecule has 0 spiro atoms. The van der Waals surface area contributed by atoms with Gasteiger partial charge in [-0.15, -0.1) is 0 Å². The van der Waals surface area contributed by atoms with Gasteiger partial charge in [0.2, 0.25) is 10.0 Å². The number of nitrogen functional groups attached to an aromatic ring is 1. The molecule has 0 aliphatic rings. The van der Waals surface area contributed by atoms with Gasteiger partial charge in [-0.2, -0.15) is 0 Å². The topological polar surface area (TPSA) is 83.6 Å². The van der Waals surface area contributed by atoms with Gasteiger partial charge in [0, 0.05) is 18.3 Å². The Kier molecular flexibility index (Phi) is 4.37. The highest BCUT2D eigenvalue weighted by Crippen LogP contribution is 2.24. The predicted octanol–water partition coefficient (Wildman–Crippen LogP) is 2.33. The first-order valence-corrected chi connectivity index (χ1v) is 8.17. The molecule has 3 N–H and O–H groups in total. The second kappa shape index (κ2) is 6.05. The van der Waals surface area contributed by atoms with Gasteiger partial charge < -0.3 is 10.8 Å². The van der Waals surface area contributed by atoms with E-state index in [1.807, 2.05) is 0 Å². The van der Waals surface area contributed by atoms with Crippen molar-refractivity contribution in [1.82, 2.24) is 0 Å². The fourth-order valence-electron chi connectivity index (χ4n) is 2.09. The van der Waals surface area contributed by atoms with Crippen LogP contribution in [0.5, 0.6) is 5.75 Å². The molecule has 0 aliphatic carbocycles. The smallest absolute Gasteiger partial charge is 0.239 e. The maximum Gasteiger partial charge on any atom is 0.239 e. The van der Waals surface area contributed by atoms with Crippen LogP contribution in [0.25, 0.3) is 0 Å². The van der Waals surface area contributed by atoms with Gasteiger partial charge in [0.15, 0.2) is 0 Å². The van der Waals surface area contributed by atoms with Crippen molar-refractivity contribution in [3.05, 3.63) is 54.1 Å². The molecular formula is C15H18N2O3S. The lowest BCUT2D eigenvalue weighted by atomic mass is 10.2. The monoisotopic (exact) mass is 306 g/mol. The quantitative estimate of drug-likeness (QED) is 0.830. The molecule has 0 bridgehead atoms. The van der Waals surface area contributed by atoms with Crippen molar-refractivity contribution in [1.29, 1.82) is 0 Å². The van der Waals surface area contributed by atoms with Gasteiger partial charge in [-0.3, -0.25) is 4.31 Å². The van der Waals surface area contributed by atoms with Crippen LogP contribution in [0.3, 0.4) is 0 Å². The highest BCUT2D eigenvalue weighted by Gasteiger charge is 2.21. The summed E-state index contributed by atoms with van der Waals surface area (Å²) in [6.07, 6.45) is 0. The van der Waals surface area contributed by atoms with E-state index in [0.29, 0.717) is 23.5 Å². The van der Waals surface area contributed by atoms with E-state index in [2.05, 4.69) is 0 Å². The predicted molar refractivity (Wildman–Crippen MR) is 84.6 cm³/mol. The zero-order valence-corrected chi connectivity index (χ0v) is 12.5. The molecule has 112 valence electrons. The van der Waals surface area contributed by atoms with Gasteiger partial charge in [0.1, 0.15) is 5.75 Å². The third-order valence-electron chi connectivity index (χ3n) is 3.07. The molecule has 0 aliphatic heterocycles. The normalized spacial score (nSPS) is 11.3. The van der Waals surface area contributed by atoms with Crippen molar-refractivity contribution < 1.29 is 13.5 Å². The van der Waals surface area contributed by atoms with Gasteiger partial charge in [-0.25, -0.2) is 8.42 Å². The Labute approximate surface area is 124 Å². The minimum atomic E-state index is -3.53.